The number of aliphatic hydroxyl groups is 1. The van der Waals surface area contributed by atoms with Crippen LogP contribution in [0.15, 0.2) is 0 Å². The average molecular weight is 323 g/mol. The summed E-state index contributed by atoms with van der Waals surface area (Å²) in [7, 11) is 0. The summed E-state index contributed by atoms with van der Waals surface area (Å²) in [5.41, 5.74) is 2.22. The molecule has 1 aliphatic rings. The van der Waals surface area contributed by atoms with Crippen molar-refractivity contribution >= 4 is 0 Å². The number of rotatable bonds is 8. The van der Waals surface area contributed by atoms with Gasteiger partial charge in [0.1, 0.15) is 0 Å². The highest BCUT2D eigenvalue weighted by molar-refractivity contribution is 5.31. The third-order valence-electron chi connectivity index (χ3n) is 4.51. The van der Waals surface area contributed by atoms with Gasteiger partial charge in [-0.2, -0.15) is 5.10 Å². The molecule has 1 fully saturated rings. The molecule has 1 saturated carbocycles. The normalized spacial score (nSPS) is 21.8. The molecule has 1 aromatic rings. The van der Waals surface area contributed by atoms with Crippen molar-refractivity contribution in [3.8, 4) is 5.88 Å². The van der Waals surface area contributed by atoms with Gasteiger partial charge >= 0.3 is 0 Å². The first kappa shape index (κ1) is 18.3. The van der Waals surface area contributed by atoms with Crippen LogP contribution in [0.4, 0.5) is 0 Å². The number of nitrogens with zero attached hydrogens (tertiary/aromatic N) is 2. The van der Waals surface area contributed by atoms with Crippen LogP contribution in [0.1, 0.15) is 57.7 Å². The minimum atomic E-state index is -0.106. The van der Waals surface area contributed by atoms with Gasteiger partial charge in [0.15, 0.2) is 0 Å². The monoisotopic (exact) mass is 323 g/mol. The van der Waals surface area contributed by atoms with Crippen LogP contribution in [-0.2, 0) is 13.1 Å². The van der Waals surface area contributed by atoms with Crippen molar-refractivity contribution in [1.29, 1.82) is 0 Å². The predicted octanol–water partition coefficient (Wildman–Crippen LogP) is 2.89. The highest BCUT2D eigenvalue weighted by Gasteiger charge is 2.21. The van der Waals surface area contributed by atoms with Crippen LogP contribution in [0.2, 0.25) is 0 Å². The highest BCUT2D eigenvalue weighted by Crippen LogP contribution is 2.25. The Kier molecular flexibility index (Phi) is 6.90. The van der Waals surface area contributed by atoms with Crippen molar-refractivity contribution in [2.45, 2.75) is 72.6 Å². The van der Waals surface area contributed by atoms with Crippen molar-refractivity contribution in [3.63, 3.8) is 0 Å². The van der Waals surface area contributed by atoms with Crippen LogP contribution in [0, 0.1) is 18.8 Å². The Morgan fingerprint density at radius 2 is 2.17 bits per heavy atom. The molecule has 1 aromatic heterocycles. The topological polar surface area (TPSA) is 59.3 Å². The third-order valence-corrected chi connectivity index (χ3v) is 4.51. The lowest BCUT2D eigenvalue weighted by atomic mass is 9.87. The van der Waals surface area contributed by atoms with Gasteiger partial charge in [-0.15, -0.1) is 0 Å². The molecular weight excluding hydrogens is 290 g/mol. The van der Waals surface area contributed by atoms with E-state index in [4.69, 9.17) is 4.74 Å². The number of aromatic nitrogens is 2. The second-order valence-electron chi connectivity index (χ2n) is 7.20. The number of nitrogens with one attached hydrogen (secondary N) is 1. The van der Waals surface area contributed by atoms with Gasteiger partial charge in [0.2, 0.25) is 5.88 Å². The van der Waals surface area contributed by atoms with Gasteiger partial charge < -0.3 is 15.2 Å². The van der Waals surface area contributed by atoms with Crippen LogP contribution < -0.4 is 10.1 Å². The molecule has 0 amide bonds. The van der Waals surface area contributed by atoms with Gasteiger partial charge in [-0.3, -0.25) is 0 Å². The van der Waals surface area contributed by atoms with E-state index in [2.05, 4.69) is 31.2 Å². The summed E-state index contributed by atoms with van der Waals surface area (Å²) in [5.74, 6) is 2.04. The molecule has 2 rings (SSSR count). The quantitative estimate of drug-likeness (QED) is 0.772. The summed E-state index contributed by atoms with van der Waals surface area (Å²) in [6.45, 7) is 11.7. The Bertz CT molecular complexity index is 485. The Hall–Kier alpha value is -1.07. The zero-order chi connectivity index (χ0) is 16.8. The van der Waals surface area contributed by atoms with E-state index < -0.39 is 0 Å². The molecule has 0 radical (unpaired) electrons. The predicted molar refractivity (Wildman–Crippen MR) is 92.6 cm³/mol. The lowest BCUT2D eigenvalue weighted by molar-refractivity contribution is 0.100. The maximum atomic E-state index is 9.78. The number of aryl methyl sites for hydroxylation is 1. The second kappa shape index (κ2) is 8.69. The molecule has 0 aliphatic heterocycles. The SMILES string of the molecule is CCOc1c(CNCC2CCCC(O)C2)c(C)nn1CC(C)C. The molecule has 1 heterocycles. The number of hydrogen-bond acceptors (Lipinski definition) is 4. The Balaban J connectivity index is 1.96. The highest BCUT2D eigenvalue weighted by atomic mass is 16.5. The fourth-order valence-electron chi connectivity index (χ4n) is 3.42. The van der Waals surface area contributed by atoms with Gasteiger partial charge in [0, 0.05) is 13.1 Å². The van der Waals surface area contributed by atoms with Gasteiger partial charge in [0.25, 0.3) is 0 Å². The van der Waals surface area contributed by atoms with E-state index in [0.717, 1.165) is 50.5 Å². The number of ether oxygens (including phenoxy) is 1. The molecule has 1 aliphatic carbocycles. The van der Waals surface area contributed by atoms with Crippen molar-refractivity contribution in [2.75, 3.05) is 13.2 Å². The molecule has 2 atom stereocenters. The minimum absolute atomic E-state index is 0.106. The zero-order valence-electron chi connectivity index (χ0n) is 15.1. The average Bonchev–Trinajstić information content (AvgIpc) is 2.75. The van der Waals surface area contributed by atoms with Crippen molar-refractivity contribution in [1.82, 2.24) is 15.1 Å². The molecule has 0 saturated heterocycles. The van der Waals surface area contributed by atoms with Gasteiger partial charge in [0.05, 0.1) is 24.0 Å². The van der Waals surface area contributed by atoms with E-state index >= 15 is 0 Å². The molecule has 0 aromatic carbocycles. The number of aliphatic hydroxyl groups excluding tert-OH is 1. The van der Waals surface area contributed by atoms with Crippen LogP contribution >= 0.6 is 0 Å². The van der Waals surface area contributed by atoms with Gasteiger partial charge in [-0.1, -0.05) is 20.3 Å². The van der Waals surface area contributed by atoms with Crippen molar-refractivity contribution < 1.29 is 9.84 Å². The standard InChI is InChI=1S/C18H33N3O2/c1-5-23-18-17(14(4)20-21(18)12-13(2)3)11-19-10-15-7-6-8-16(22)9-15/h13,15-16,19,22H,5-12H2,1-4H3. The first-order chi connectivity index (χ1) is 11.0. The van der Waals surface area contributed by atoms with Crippen LogP contribution in [0.3, 0.4) is 0 Å². The summed E-state index contributed by atoms with van der Waals surface area (Å²) >= 11 is 0. The molecule has 5 nitrogen and oxygen atoms in total. The molecule has 5 heteroatoms. The fraction of sp³-hybridized carbons (Fsp3) is 0.833. The van der Waals surface area contributed by atoms with E-state index in [1.807, 2.05) is 11.6 Å². The van der Waals surface area contributed by atoms with Crippen LogP contribution in [0.25, 0.3) is 0 Å². The van der Waals surface area contributed by atoms with Crippen LogP contribution in [-0.4, -0.2) is 34.1 Å². The molecule has 23 heavy (non-hydrogen) atoms. The summed E-state index contributed by atoms with van der Waals surface area (Å²) in [5, 5.41) is 18.0. The first-order valence-electron chi connectivity index (χ1n) is 9.09. The molecule has 132 valence electrons. The van der Waals surface area contributed by atoms with E-state index in [-0.39, 0.29) is 6.10 Å². The summed E-state index contributed by atoms with van der Waals surface area (Å²) in [6, 6.07) is 0. The Morgan fingerprint density at radius 1 is 1.39 bits per heavy atom. The minimum Gasteiger partial charge on any atom is -0.478 e. The second-order valence-corrected chi connectivity index (χ2v) is 7.20. The van der Waals surface area contributed by atoms with Gasteiger partial charge in [-0.25, -0.2) is 4.68 Å². The summed E-state index contributed by atoms with van der Waals surface area (Å²) < 4.78 is 7.87. The zero-order valence-corrected chi connectivity index (χ0v) is 15.1. The van der Waals surface area contributed by atoms with Crippen LogP contribution in [0.5, 0.6) is 5.88 Å². The van der Waals surface area contributed by atoms with Gasteiger partial charge in [-0.05, 0) is 51.5 Å². The maximum absolute atomic E-state index is 9.78. The van der Waals surface area contributed by atoms with Crippen molar-refractivity contribution in [3.05, 3.63) is 11.3 Å². The summed E-state index contributed by atoms with van der Waals surface area (Å²) in [6.07, 6.45) is 4.14. The Morgan fingerprint density at radius 3 is 2.83 bits per heavy atom. The largest absolute Gasteiger partial charge is 0.478 e. The lowest BCUT2D eigenvalue weighted by Gasteiger charge is -2.26. The first-order valence-corrected chi connectivity index (χ1v) is 9.09. The molecular formula is C18H33N3O2. The van der Waals surface area contributed by atoms with E-state index in [1.54, 1.807) is 0 Å². The third kappa shape index (κ3) is 5.21. The van der Waals surface area contributed by atoms with E-state index in [1.165, 1.54) is 12.0 Å². The number of hydrogen-bond donors (Lipinski definition) is 2. The van der Waals surface area contributed by atoms with Crippen molar-refractivity contribution in [2.24, 2.45) is 11.8 Å². The molecule has 0 bridgehead atoms. The fourth-order valence-corrected chi connectivity index (χ4v) is 3.42. The maximum Gasteiger partial charge on any atom is 0.216 e. The summed E-state index contributed by atoms with van der Waals surface area (Å²) in [4.78, 5) is 0. The lowest BCUT2D eigenvalue weighted by Crippen LogP contribution is -2.29. The molecule has 2 unspecified atom stereocenters. The smallest absolute Gasteiger partial charge is 0.216 e. The molecule has 2 N–H and O–H groups in total. The van der Waals surface area contributed by atoms with E-state index in [0.29, 0.717) is 18.4 Å². The Labute approximate surface area is 140 Å². The molecule has 0 spiro atoms. The van der Waals surface area contributed by atoms with E-state index in [9.17, 15) is 5.11 Å².